The van der Waals surface area contributed by atoms with E-state index in [4.69, 9.17) is 0 Å². The van der Waals surface area contributed by atoms with E-state index in [1.165, 1.54) is 4.90 Å². The minimum Gasteiger partial charge on any atom is -0.324 e. The fourth-order valence-electron chi connectivity index (χ4n) is 2.64. The summed E-state index contributed by atoms with van der Waals surface area (Å²) in [6, 6.07) is 6.26. The Balaban J connectivity index is 1.83. The van der Waals surface area contributed by atoms with Gasteiger partial charge in [-0.25, -0.2) is 4.79 Å². The number of fused-ring (bicyclic) bond motifs is 1. The molecule has 0 radical (unpaired) electrons. The van der Waals surface area contributed by atoms with E-state index in [0.717, 1.165) is 4.90 Å². The van der Waals surface area contributed by atoms with Gasteiger partial charge in [-0.1, -0.05) is 12.1 Å². The van der Waals surface area contributed by atoms with E-state index < -0.39 is 29.9 Å². The van der Waals surface area contributed by atoms with Crippen molar-refractivity contribution in [1.82, 2.24) is 10.2 Å². The zero-order chi connectivity index (χ0) is 16.8. The summed E-state index contributed by atoms with van der Waals surface area (Å²) in [6.45, 7) is 2.58. The second-order valence-corrected chi connectivity index (χ2v) is 5.99. The quantitative estimate of drug-likeness (QED) is 0.767. The summed E-state index contributed by atoms with van der Waals surface area (Å²) >= 11 is 0. The molecule has 3 rings (SSSR count). The van der Waals surface area contributed by atoms with Crippen LogP contribution in [-0.2, 0) is 14.4 Å². The lowest BCUT2D eigenvalue weighted by Crippen LogP contribution is -2.48. The summed E-state index contributed by atoms with van der Waals surface area (Å²) in [5, 5.41) is 5.19. The highest BCUT2D eigenvalue weighted by atomic mass is 16.2. The summed E-state index contributed by atoms with van der Waals surface area (Å²) in [4.78, 5) is 50.5. The molecule has 0 spiro atoms. The molecule has 8 nitrogen and oxygen atoms in total. The van der Waals surface area contributed by atoms with Gasteiger partial charge in [0.05, 0.1) is 11.4 Å². The molecular formula is C15H16N4O4. The Labute approximate surface area is 132 Å². The van der Waals surface area contributed by atoms with Crippen LogP contribution in [0.2, 0.25) is 0 Å². The standard InChI is InChI=1S/C15H16N4O4/c1-15(2)13(22)19(14(23)17-15)8-12(21)18-7-11(20)16-9-5-3-4-6-10(9)18/h3-6H,7-8H2,1-2H3,(H,16,20)(H,17,23). The van der Waals surface area contributed by atoms with Gasteiger partial charge in [-0.05, 0) is 26.0 Å². The molecule has 0 saturated carbocycles. The molecule has 2 heterocycles. The second-order valence-electron chi connectivity index (χ2n) is 5.99. The summed E-state index contributed by atoms with van der Waals surface area (Å²) in [7, 11) is 0. The number of imide groups is 1. The van der Waals surface area contributed by atoms with Gasteiger partial charge in [0.15, 0.2) is 0 Å². The number of hydrogen-bond donors (Lipinski definition) is 2. The van der Waals surface area contributed by atoms with E-state index in [-0.39, 0.29) is 12.5 Å². The molecular weight excluding hydrogens is 300 g/mol. The number of carbonyl (C=O) groups is 4. The van der Waals surface area contributed by atoms with Crippen LogP contribution in [0, 0.1) is 0 Å². The summed E-state index contributed by atoms with van der Waals surface area (Å²) in [6.07, 6.45) is 0. The average Bonchev–Trinajstić information content (AvgIpc) is 2.68. The Morgan fingerprint density at radius 1 is 1.22 bits per heavy atom. The molecule has 23 heavy (non-hydrogen) atoms. The lowest BCUT2D eigenvalue weighted by atomic mass is 10.1. The number of para-hydroxylation sites is 2. The van der Waals surface area contributed by atoms with Crippen molar-refractivity contribution in [2.75, 3.05) is 23.3 Å². The molecule has 1 aromatic carbocycles. The fraction of sp³-hybridized carbons (Fsp3) is 0.333. The number of rotatable bonds is 2. The highest BCUT2D eigenvalue weighted by molar-refractivity contribution is 6.13. The van der Waals surface area contributed by atoms with Gasteiger partial charge < -0.3 is 10.6 Å². The third-order valence-electron chi connectivity index (χ3n) is 3.81. The summed E-state index contributed by atoms with van der Waals surface area (Å²) < 4.78 is 0. The maximum Gasteiger partial charge on any atom is 0.325 e. The Hall–Kier alpha value is -2.90. The Kier molecular flexibility index (Phi) is 3.32. The highest BCUT2D eigenvalue weighted by Crippen LogP contribution is 2.29. The minimum absolute atomic E-state index is 0.150. The van der Waals surface area contributed by atoms with E-state index in [9.17, 15) is 19.2 Å². The summed E-state index contributed by atoms with van der Waals surface area (Å²) in [5.41, 5.74) is 0.0344. The van der Waals surface area contributed by atoms with Gasteiger partial charge in [-0.2, -0.15) is 0 Å². The van der Waals surface area contributed by atoms with Crippen molar-refractivity contribution in [3.63, 3.8) is 0 Å². The predicted octanol–water partition coefficient (Wildman–Crippen LogP) is 0.302. The zero-order valence-electron chi connectivity index (χ0n) is 12.8. The predicted molar refractivity (Wildman–Crippen MR) is 81.7 cm³/mol. The van der Waals surface area contributed by atoms with E-state index in [1.807, 2.05) is 0 Å². The van der Waals surface area contributed by atoms with Crippen LogP contribution in [0.4, 0.5) is 16.2 Å². The first-order valence-corrected chi connectivity index (χ1v) is 7.13. The van der Waals surface area contributed by atoms with Crippen LogP contribution >= 0.6 is 0 Å². The first-order valence-electron chi connectivity index (χ1n) is 7.13. The normalized spacial score (nSPS) is 19.3. The largest absolute Gasteiger partial charge is 0.325 e. The van der Waals surface area contributed by atoms with E-state index in [0.29, 0.717) is 11.4 Å². The fourth-order valence-corrected chi connectivity index (χ4v) is 2.64. The third-order valence-corrected chi connectivity index (χ3v) is 3.81. The van der Waals surface area contributed by atoms with Crippen LogP contribution < -0.4 is 15.5 Å². The number of nitrogens with one attached hydrogen (secondary N) is 2. The number of carbonyl (C=O) groups excluding carboxylic acids is 4. The van der Waals surface area contributed by atoms with Crippen LogP contribution in [-0.4, -0.2) is 47.3 Å². The van der Waals surface area contributed by atoms with Crippen molar-refractivity contribution >= 4 is 35.1 Å². The van der Waals surface area contributed by atoms with Crippen molar-refractivity contribution in [1.29, 1.82) is 0 Å². The van der Waals surface area contributed by atoms with Crippen molar-refractivity contribution < 1.29 is 19.2 Å². The van der Waals surface area contributed by atoms with Crippen LogP contribution in [0.5, 0.6) is 0 Å². The Bertz CT molecular complexity index is 728. The summed E-state index contributed by atoms with van der Waals surface area (Å²) in [5.74, 6) is -1.28. The van der Waals surface area contributed by atoms with Gasteiger partial charge in [0, 0.05) is 0 Å². The molecule has 1 fully saturated rings. The monoisotopic (exact) mass is 316 g/mol. The molecule has 1 aromatic rings. The molecule has 2 aliphatic rings. The number of benzene rings is 1. The molecule has 5 amide bonds. The Morgan fingerprint density at radius 3 is 2.57 bits per heavy atom. The van der Waals surface area contributed by atoms with Gasteiger partial charge in [0.25, 0.3) is 5.91 Å². The maximum absolute atomic E-state index is 12.5. The number of urea groups is 1. The van der Waals surface area contributed by atoms with Gasteiger partial charge in [0.1, 0.15) is 18.6 Å². The first-order chi connectivity index (χ1) is 10.8. The molecule has 2 N–H and O–H groups in total. The molecule has 0 unspecified atom stereocenters. The highest BCUT2D eigenvalue weighted by Gasteiger charge is 2.45. The van der Waals surface area contributed by atoms with Crippen molar-refractivity contribution in [3.8, 4) is 0 Å². The van der Waals surface area contributed by atoms with Crippen LogP contribution in [0.1, 0.15) is 13.8 Å². The van der Waals surface area contributed by atoms with Crippen LogP contribution in [0.15, 0.2) is 24.3 Å². The van der Waals surface area contributed by atoms with Gasteiger partial charge >= 0.3 is 6.03 Å². The number of nitrogens with zero attached hydrogens (tertiary/aromatic N) is 2. The molecule has 0 bridgehead atoms. The van der Waals surface area contributed by atoms with Crippen molar-refractivity contribution in [3.05, 3.63) is 24.3 Å². The van der Waals surface area contributed by atoms with Crippen LogP contribution in [0.3, 0.4) is 0 Å². The molecule has 120 valence electrons. The minimum atomic E-state index is -1.03. The van der Waals surface area contributed by atoms with E-state index in [2.05, 4.69) is 10.6 Å². The second kappa shape index (κ2) is 5.08. The number of hydrogen-bond acceptors (Lipinski definition) is 4. The van der Waals surface area contributed by atoms with Crippen molar-refractivity contribution in [2.45, 2.75) is 19.4 Å². The zero-order valence-corrected chi connectivity index (χ0v) is 12.8. The molecule has 2 aliphatic heterocycles. The van der Waals surface area contributed by atoms with E-state index in [1.54, 1.807) is 38.1 Å². The van der Waals surface area contributed by atoms with Gasteiger partial charge in [0.2, 0.25) is 11.8 Å². The molecule has 0 aromatic heterocycles. The lowest BCUT2D eigenvalue weighted by Gasteiger charge is -2.30. The smallest absolute Gasteiger partial charge is 0.324 e. The van der Waals surface area contributed by atoms with E-state index >= 15 is 0 Å². The van der Waals surface area contributed by atoms with Gasteiger partial charge in [-0.3, -0.25) is 24.2 Å². The third kappa shape index (κ3) is 2.52. The Morgan fingerprint density at radius 2 is 1.91 bits per heavy atom. The molecule has 1 saturated heterocycles. The first kappa shape index (κ1) is 15.0. The molecule has 0 atom stereocenters. The molecule has 0 aliphatic carbocycles. The van der Waals surface area contributed by atoms with Crippen molar-refractivity contribution in [2.24, 2.45) is 0 Å². The molecule has 8 heteroatoms. The lowest BCUT2D eigenvalue weighted by molar-refractivity contribution is -0.133. The number of amides is 5. The maximum atomic E-state index is 12.5. The average molecular weight is 316 g/mol. The topological polar surface area (TPSA) is 98.8 Å². The van der Waals surface area contributed by atoms with Gasteiger partial charge in [-0.15, -0.1) is 0 Å². The van der Waals surface area contributed by atoms with Crippen LogP contribution in [0.25, 0.3) is 0 Å². The number of anilines is 2. The SMILES string of the molecule is CC1(C)NC(=O)N(CC(=O)N2CC(=O)Nc3ccccc32)C1=O.